The number of nitro groups is 1. The lowest BCUT2D eigenvalue weighted by Crippen LogP contribution is -2.26. The van der Waals surface area contributed by atoms with Gasteiger partial charge in [0, 0.05) is 12.1 Å². The first-order chi connectivity index (χ1) is 12.9. The van der Waals surface area contributed by atoms with Crippen LogP contribution in [0.15, 0.2) is 58.7 Å². The van der Waals surface area contributed by atoms with Gasteiger partial charge in [-0.05, 0) is 36.6 Å². The zero-order valence-electron chi connectivity index (χ0n) is 14.3. The third-order valence-corrected chi connectivity index (χ3v) is 4.94. The molecule has 138 valence electrons. The molecular weight excluding hydrogens is 371 g/mol. The Balaban J connectivity index is 1.68. The molecule has 2 aromatic carbocycles. The summed E-state index contributed by atoms with van der Waals surface area (Å²) in [4.78, 5) is 22.5. The summed E-state index contributed by atoms with van der Waals surface area (Å²) < 4.78 is 13.0. The van der Waals surface area contributed by atoms with Crippen molar-refractivity contribution in [1.29, 1.82) is 0 Å². The molecule has 27 heavy (non-hydrogen) atoms. The number of nitro benzene ring substituents is 1. The number of thioether (sulfide) groups is 1. The summed E-state index contributed by atoms with van der Waals surface area (Å²) in [5.41, 5.74) is 2.00. The van der Waals surface area contributed by atoms with Crippen molar-refractivity contribution in [2.24, 2.45) is 10.2 Å². The molecule has 0 radical (unpaired) electrons. The van der Waals surface area contributed by atoms with Crippen molar-refractivity contribution in [3.8, 4) is 0 Å². The number of amidine groups is 1. The van der Waals surface area contributed by atoms with Crippen molar-refractivity contribution < 1.29 is 14.1 Å². The third-order valence-electron chi connectivity index (χ3n) is 3.87. The average molecular weight is 386 g/mol. The van der Waals surface area contributed by atoms with Crippen molar-refractivity contribution in [3.05, 3.63) is 75.6 Å². The van der Waals surface area contributed by atoms with Gasteiger partial charge < -0.3 is 5.32 Å². The van der Waals surface area contributed by atoms with E-state index in [0.717, 1.165) is 5.56 Å². The maximum Gasteiger partial charge on any atom is 0.269 e. The first-order valence-corrected chi connectivity index (χ1v) is 8.89. The summed E-state index contributed by atoms with van der Waals surface area (Å²) in [5.74, 6) is -0.555. The van der Waals surface area contributed by atoms with Gasteiger partial charge in [0.1, 0.15) is 5.82 Å². The summed E-state index contributed by atoms with van der Waals surface area (Å²) in [6.45, 7) is 1.74. The van der Waals surface area contributed by atoms with Gasteiger partial charge in [0.05, 0.1) is 15.9 Å². The van der Waals surface area contributed by atoms with E-state index in [1.54, 1.807) is 31.2 Å². The topological polar surface area (TPSA) is 97.0 Å². The lowest BCUT2D eigenvalue weighted by molar-refractivity contribution is -0.384. The van der Waals surface area contributed by atoms with E-state index in [4.69, 9.17) is 0 Å². The molecule has 0 aliphatic carbocycles. The Morgan fingerprint density at radius 1 is 1.30 bits per heavy atom. The van der Waals surface area contributed by atoms with Crippen LogP contribution in [-0.4, -0.2) is 27.0 Å². The highest BCUT2D eigenvalue weighted by Gasteiger charge is 2.30. The molecule has 0 aromatic heterocycles. The molecule has 1 N–H and O–H groups in total. The summed E-state index contributed by atoms with van der Waals surface area (Å²) in [5, 5.41) is 21.5. The van der Waals surface area contributed by atoms with Gasteiger partial charge in [-0.15, -0.1) is 5.10 Å². The number of nitrogens with one attached hydrogen (secondary N) is 1. The van der Waals surface area contributed by atoms with Crippen LogP contribution in [0.4, 0.5) is 10.1 Å². The standard InChI is InChI=1S/C18H15FN4O3S/c1-11(13-5-7-14(19)8-6-13)21-22-18-20-17(24)16(27-18)10-12-3-2-4-15(9-12)23(25)26/h2-9,16H,10H2,1H3,(H,20,22,24)/b21-11+. The Morgan fingerprint density at radius 3 is 2.74 bits per heavy atom. The normalized spacial score (nSPS) is 18.6. The number of halogens is 1. The van der Waals surface area contributed by atoms with Crippen LogP contribution in [-0.2, 0) is 11.2 Å². The number of carbonyl (C=O) groups excluding carboxylic acids is 1. The first kappa shape index (κ1) is 18.7. The zero-order valence-corrected chi connectivity index (χ0v) is 15.1. The van der Waals surface area contributed by atoms with Crippen LogP contribution in [0.5, 0.6) is 0 Å². The second-order valence-corrected chi connectivity index (χ2v) is 7.02. The van der Waals surface area contributed by atoms with Gasteiger partial charge in [0.2, 0.25) is 5.91 Å². The monoisotopic (exact) mass is 386 g/mol. The van der Waals surface area contributed by atoms with Crippen LogP contribution in [0.1, 0.15) is 18.1 Å². The summed E-state index contributed by atoms with van der Waals surface area (Å²) in [7, 11) is 0. The average Bonchev–Trinajstić information content (AvgIpc) is 3.00. The Labute approximate surface area is 158 Å². The number of hydrogen-bond donors (Lipinski definition) is 1. The molecule has 9 heteroatoms. The SMILES string of the molecule is C/C(=N\N=C1\NC(=O)C(Cc2cccc([N+](=O)[O-])c2)S1)c1ccc(F)cc1. The second kappa shape index (κ2) is 8.09. The molecule has 1 heterocycles. The van der Waals surface area contributed by atoms with Crippen LogP contribution >= 0.6 is 11.8 Å². The minimum Gasteiger partial charge on any atom is -0.303 e. The molecule has 0 saturated carbocycles. The van der Waals surface area contributed by atoms with Crippen LogP contribution in [0.2, 0.25) is 0 Å². The number of hydrogen-bond acceptors (Lipinski definition) is 6. The van der Waals surface area contributed by atoms with E-state index >= 15 is 0 Å². The lowest BCUT2D eigenvalue weighted by Gasteiger charge is -2.04. The van der Waals surface area contributed by atoms with E-state index in [1.807, 2.05) is 0 Å². The number of nitrogens with zero attached hydrogens (tertiary/aromatic N) is 3. The molecule has 0 bridgehead atoms. The molecule has 1 unspecified atom stereocenters. The fraction of sp³-hybridized carbons (Fsp3) is 0.167. The van der Waals surface area contributed by atoms with Gasteiger partial charge in [-0.3, -0.25) is 14.9 Å². The molecule has 1 atom stereocenters. The van der Waals surface area contributed by atoms with E-state index < -0.39 is 10.2 Å². The highest BCUT2D eigenvalue weighted by molar-refractivity contribution is 8.15. The smallest absolute Gasteiger partial charge is 0.269 e. The van der Waals surface area contributed by atoms with Gasteiger partial charge >= 0.3 is 0 Å². The molecule has 7 nitrogen and oxygen atoms in total. The van der Waals surface area contributed by atoms with E-state index in [0.29, 0.717) is 22.9 Å². The Bertz CT molecular complexity index is 944. The Morgan fingerprint density at radius 2 is 2.04 bits per heavy atom. The number of carbonyl (C=O) groups is 1. The quantitative estimate of drug-likeness (QED) is 0.484. The predicted octanol–water partition coefficient (Wildman–Crippen LogP) is 3.29. The Kier molecular flexibility index (Phi) is 5.60. The molecule has 1 amide bonds. The second-order valence-electron chi connectivity index (χ2n) is 5.82. The van der Waals surface area contributed by atoms with Crippen molar-refractivity contribution in [1.82, 2.24) is 5.32 Å². The molecule has 2 aromatic rings. The minimum absolute atomic E-state index is 0.00989. The number of non-ortho nitro benzene ring substituents is 1. The highest BCUT2D eigenvalue weighted by Crippen LogP contribution is 2.25. The maximum absolute atomic E-state index is 13.0. The van der Waals surface area contributed by atoms with Gasteiger partial charge in [0.15, 0.2) is 5.17 Å². The minimum atomic E-state index is -0.467. The predicted molar refractivity (Wildman–Crippen MR) is 102 cm³/mol. The van der Waals surface area contributed by atoms with Crippen molar-refractivity contribution >= 4 is 34.2 Å². The van der Waals surface area contributed by atoms with Crippen molar-refractivity contribution in [2.75, 3.05) is 0 Å². The summed E-state index contributed by atoms with van der Waals surface area (Å²) in [6.07, 6.45) is 0.345. The highest BCUT2D eigenvalue weighted by atomic mass is 32.2. The number of rotatable bonds is 5. The fourth-order valence-corrected chi connectivity index (χ4v) is 3.43. The molecule has 0 spiro atoms. The van der Waals surface area contributed by atoms with Gasteiger partial charge in [-0.2, -0.15) is 5.10 Å². The van der Waals surface area contributed by atoms with Crippen LogP contribution in [0, 0.1) is 15.9 Å². The van der Waals surface area contributed by atoms with Gasteiger partial charge in [0.25, 0.3) is 5.69 Å². The van der Waals surface area contributed by atoms with Crippen LogP contribution < -0.4 is 5.32 Å². The molecule has 1 aliphatic rings. The fourth-order valence-electron chi connectivity index (χ4n) is 2.47. The molecule has 1 fully saturated rings. The van der Waals surface area contributed by atoms with Crippen molar-refractivity contribution in [2.45, 2.75) is 18.6 Å². The van der Waals surface area contributed by atoms with E-state index in [1.165, 1.54) is 36.0 Å². The number of benzene rings is 2. The summed E-state index contributed by atoms with van der Waals surface area (Å²) >= 11 is 1.22. The maximum atomic E-state index is 13.0. The van der Waals surface area contributed by atoms with E-state index in [9.17, 15) is 19.3 Å². The van der Waals surface area contributed by atoms with Gasteiger partial charge in [-0.25, -0.2) is 4.39 Å². The molecular formula is C18H15FN4O3S. The first-order valence-electron chi connectivity index (χ1n) is 8.01. The largest absolute Gasteiger partial charge is 0.303 e. The molecule has 3 rings (SSSR count). The van der Waals surface area contributed by atoms with E-state index in [2.05, 4.69) is 15.5 Å². The Hall–Kier alpha value is -3.07. The lowest BCUT2D eigenvalue weighted by atomic mass is 10.1. The molecule has 1 saturated heterocycles. The molecule has 1 aliphatic heterocycles. The van der Waals surface area contributed by atoms with E-state index in [-0.39, 0.29) is 17.4 Å². The van der Waals surface area contributed by atoms with Crippen LogP contribution in [0.3, 0.4) is 0 Å². The summed E-state index contributed by atoms with van der Waals surface area (Å²) in [6, 6.07) is 12.1. The zero-order chi connectivity index (χ0) is 19.4. The van der Waals surface area contributed by atoms with Crippen molar-refractivity contribution in [3.63, 3.8) is 0 Å². The van der Waals surface area contributed by atoms with Crippen LogP contribution in [0.25, 0.3) is 0 Å². The third kappa shape index (κ3) is 4.76. The number of amides is 1. The van der Waals surface area contributed by atoms with Gasteiger partial charge in [-0.1, -0.05) is 36.0 Å².